The van der Waals surface area contributed by atoms with Crippen LogP contribution in [0.25, 0.3) is 0 Å². The summed E-state index contributed by atoms with van der Waals surface area (Å²) in [6, 6.07) is 4.42. The molecule has 1 aromatic carbocycles. The van der Waals surface area contributed by atoms with E-state index in [1.165, 1.54) is 12.1 Å². The molecule has 1 fully saturated rings. The first kappa shape index (κ1) is 12.2. The van der Waals surface area contributed by atoms with Crippen LogP contribution in [0.3, 0.4) is 0 Å². The molecule has 2 rings (SSSR count). The summed E-state index contributed by atoms with van der Waals surface area (Å²) in [6.07, 6.45) is 1.33. The maximum Gasteiger partial charge on any atom is 0.253 e. The number of phenolic OH excluding ortho intramolecular Hbond substituents is 1. The second kappa shape index (κ2) is 4.94. The van der Waals surface area contributed by atoms with Crippen molar-refractivity contribution in [2.24, 2.45) is 0 Å². The topological polar surface area (TPSA) is 58.6 Å². The number of nitrogens with one attached hydrogen (secondary N) is 1. The van der Waals surface area contributed by atoms with Gasteiger partial charge >= 0.3 is 0 Å². The highest BCUT2D eigenvalue weighted by molar-refractivity contribution is 6.33. The first-order valence-corrected chi connectivity index (χ1v) is 5.89. The molecule has 5 heteroatoms. The summed E-state index contributed by atoms with van der Waals surface area (Å²) in [5.74, 6) is -0.124. The van der Waals surface area contributed by atoms with E-state index in [0.717, 1.165) is 12.8 Å². The lowest BCUT2D eigenvalue weighted by Crippen LogP contribution is -2.27. The summed E-state index contributed by atoms with van der Waals surface area (Å²) in [5, 5.41) is 12.2. The number of amides is 1. The molecular weight excluding hydrogens is 242 g/mol. The number of ether oxygens (including phenoxy) is 1. The molecule has 1 aliphatic rings. The van der Waals surface area contributed by atoms with Crippen LogP contribution in [0.5, 0.6) is 5.75 Å². The summed E-state index contributed by atoms with van der Waals surface area (Å²) in [7, 11) is 0. The third-order valence-corrected chi connectivity index (χ3v) is 3.05. The van der Waals surface area contributed by atoms with Gasteiger partial charge in [0.1, 0.15) is 11.9 Å². The maximum atomic E-state index is 11.8. The molecule has 1 aliphatic heterocycles. The molecule has 1 amide bonds. The number of carbonyl (C=O) groups is 1. The molecule has 17 heavy (non-hydrogen) atoms. The Kier molecular flexibility index (Phi) is 3.54. The first-order chi connectivity index (χ1) is 8.06. The Morgan fingerprint density at radius 3 is 2.88 bits per heavy atom. The Labute approximate surface area is 105 Å². The van der Waals surface area contributed by atoms with Gasteiger partial charge in [0.05, 0.1) is 16.8 Å². The van der Waals surface area contributed by atoms with Gasteiger partial charge in [0.15, 0.2) is 0 Å². The number of benzene rings is 1. The summed E-state index contributed by atoms with van der Waals surface area (Å²) < 4.78 is 5.45. The van der Waals surface area contributed by atoms with Crippen LogP contribution in [0.15, 0.2) is 18.2 Å². The van der Waals surface area contributed by atoms with E-state index < -0.39 is 6.10 Å². The van der Waals surface area contributed by atoms with Crippen LogP contribution < -0.4 is 5.32 Å². The highest BCUT2D eigenvalue weighted by Crippen LogP contribution is 2.27. The minimum absolute atomic E-state index is 0.0683. The Morgan fingerprint density at radius 2 is 2.29 bits per heavy atom. The molecule has 2 unspecified atom stereocenters. The normalized spacial score (nSPS) is 23.6. The fourth-order valence-electron chi connectivity index (χ4n) is 1.81. The zero-order valence-corrected chi connectivity index (χ0v) is 10.2. The lowest BCUT2D eigenvalue weighted by Gasteiger charge is -2.12. The molecule has 4 nitrogen and oxygen atoms in total. The minimum Gasteiger partial charge on any atom is -0.508 e. The van der Waals surface area contributed by atoms with Gasteiger partial charge in [-0.2, -0.15) is 0 Å². The van der Waals surface area contributed by atoms with Crippen molar-refractivity contribution in [1.29, 1.82) is 0 Å². The summed E-state index contributed by atoms with van der Waals surface area (Å²) in [5.41, 5.74) is 0.484. The lowest BCUT2D eigenvalue weighted by atomic mass is 10.2. The number of carbonyl (C=O) groups excluding carboxylic acids is 1. The number of rotatable bonds is 2. The monoisotopic (exact) mass is 255 g/mol. The molecule has 2 N–H and O–H groups in total. The molecule has 0 saturated carbocycles. The number of hydrogen-bond donors (Lipinski definition) is 2. The molecule has 1 aromatic rings. The van der Waals surface area contributed by atoms with Crippen molar-refractivity contribution in [3.63, 3.8) is 0 Å². The van der Waals surface area contributed by atoms with E-state index in [1.54, 1.807) is 6.07 Å². The van der Waals surface area contributed by atoms with Crippen molar-refractivity contribution in [1.82, 2.24) is 0 Å². The molecule has 2 atom stereocenters. The first-order valence-electron chi connectivity index (χ1n) is 5.51. The fraction of sp³-hybridized carbons (Fsp3) is 0.417. The van der Waals surface area contributed by atoms with E-state index in [9.17, 15) is 9.90 Å². The lowest BCUT2D eigenvalue weighted by molar-refractivity contribution is -0.126. The van der Waals surface area contributed by atoms with E-state index in [1.807, 2.05) is 6.92 Å². The van der Waals surface area contributed by atoms with E-state index in [0.29, 0.717) is 10.7 Å². The molecule has 1 heterocycles. The Morgan fingerprint density at radius 1 is 1.53 bits per heavy atom. The quantitative estimate of drug-likeness (QED) is 0.799. The number of halogens is 1. The molecule has 0 aromatic heterocycles. The largest absolute Gasteiger partial charge is 0.508 e. The van der Waals surface area contributed by atoms with Crippen molar-refractivity contribution in [2.75, 3.05) is 5.32 Å². The Bertz CT molecular complexity index is 436. The molecule has 92 valence electrons. The standard InChI is InChI=1S/C12H14ClNO3/c1-7-2-5-11(17-7)12(16)14-10-4-3-8(15)6-9(10)13/h3-4,6-7,11,15H,2,5H2,1H3,(H,14,16). The fourth-order valence-corrected chi connectivity index (χ4v) is 2.04. The van der Waals surface area contributed by atoms with Crippen molar-refractivity contribution in [3.05, 3.63) is 23.2 Å². The molecule has 0 spiro atoms. The van der Waals surface area contributed by atoms with Crippen LogP contribution >= 0.6 is 11.6 Å². The van der Waals surface area contributed by atoms with Crippen molar-refractivity contribution >= 4 is 23.2 Å². The molecule has 0 bridgehead atoms. The molecular formula is C12H14ClNO3. The third-order valence-electron chi connectivity index (χ3n) is 2.73. The van der Waals surface area contributed by atoms with Gasteiger partial charge in [0.25, 0.3) is 5.91 Å². The number of anilines is 1. The van der Waals surface area contributed by atoms with Gasteiger partial charge in [-0.25, -0.2) is 0 Å². The Hall–Kier alpha value is -1.26. The maximum absolute atomic E-state index is 11.8. The zero-order valence-electron chi connectivity index (χ0n) is 9.44. The Balaban J connectivity index is 2.03. The van der Waals surface area contributed by atoms with Crippen LogP contribution in [-0.4, -0.2) is 23.2 Å². The van der Waals surface area contributed by atoms with Gasteiger partial charge in [-0.1, -0.05) is 11.6 Å². The van der Waals surface area contributed by atoms with Crippen molar-refractivity contribution in [3.8, 4) is 5.75 Å². The summed E-state index contributed by atoms with van der Waals surface area (Å²) in [6.45, 7) is 1.95. The second-order valence-corrected chi connectivity index (χ2v) is 4.57. The van der Waals surface area contributed by atoms with E-state index in [4.69, 9.17) is 16.3 Å². The molecule has 0 aliphatic carbocycles. The van der Waals surface area contributed by atoms with Crippen LogP contribution in [0.1, 0.15) is 19.8 Å². The van der Waals surface area contributed by atoms with E-state index >= 15 is 0 Å². The molecule has 0 radical (unpaired) electrons. The van der Waals surface area contributed by atoms with Crippen LogP contribution in [0.2, 0.25) is 5.02 Å². The number of phenols is 1. The van der Waals surface area contributed by atoms with Gasteiger partial charge < -0.3 is 15.2 Å². The van der Waals surface area contributed by atoms with E-state index in [-0.39, 0.29) is 17.8 Å². The van der Waals surface area contributed by atoms with Gasteiger partial charge in [-0.3, -0.25) is 4.79 Å². The van der Waals surface area contributed by atoms with Crippen LogP contribution in [-0.2, 0) is 9.53 Å². The highest BCUT2D eigenvalue weighted by atomic mass is 35.5. The average molecular weight is 256 g/mol. The van der Waals surface area contributed by atoms with Gasteiger partial charge in [0, 0.05) is 6.07 Å². The van der Waals surface area contributed by atoms with Crippen molar-refractivity contribution in [2.45, 2.75) is 32.0 Å². The predicted octanol–water partition coefficient (Wildman–Crippen LogP) is 2.55. The smallest absolute Gasteiger partial charge is 0.253 e. The zero-order chi connectivity index (χ0) is 12.4. The second-order valence-electron chi connectivity index (χ2n) is 4.17. The van der Waals surface area contributed by atoms with E-state index in [2.05, 4.69) is 5.32 Å². The average Bonchev–Trinajstić information content (AvgIpc) is 2.69. The highest BCUT2D eigenvalue weighted by Gasteiger charge is 2.28. The van der Waals surface area contributed by atoms with Crippen LogP contribution in [0.4, 0.5) is 5.69 Å². The molecule has 1 saturated heterocycles. The summed E-state index contributed by atoms with van der Waals surface area (Å²) in [4.78, 5) is 11.8. The predicted molar refractivity (Wildman–Crippen MR) is 65.3 cm³/mol. The number of hydrogen-bond acceptors (Lipinski definition) is 3. The SMILES string of the molecule is CC1CCC(C(=O)Nc2ccc(O)cc2Cl)O1. The van der Waals surface area contributed by atoms with Crippen LogP contribution in [0, 0.1) is 0 Å². The van der Waals surface area contributed by atoms with Crippen molar-refractivity contribution < 1.29 is 14.6 Å². The minimum atomic E-state index is -0.408. The summed E-state index contributed by atoms with van der Waals surface area (Å²) >= 11 is 5.89. The third kappa shape index (κ3) is 2.90. The van der Waals surface area contributed by atoms with Gasteiger partial charge in [-0.15, -0.1) is 0 Å². The van der Waals surface area contributed by atoms with Gasteiger partial charge in [0.2, 0.25) is 0 Å². The number of aromatic hydroxyl groups is 1. The van der Waals surface area contributed by atoms with Gasteiger partial charge in [-0.05, 0) is 31.9 Å².